The van der Waals surface area contributed by atoms with E-state index in [2.05, 4.69) is 10.5 Å². The van der Waals surface area contributed by atoms with Crippen LogP contribution in [0, 0.1) is 10.1 Å². The second-order valence-electron chi connectivity index (χ2n) is 5.95. The van der Waals surface area contributed by atoms with Crippen molar-refractivity contribution in [3.63, 3.8) is 0 Å². The minimum absolute atomic E-state index is 0.253. The van der Waals surface area contributed by atoms with Gasteiger partial charge in [-0.15, -0.1) is 0 Å². The van der Waals surface area contributed by atoms with Crippen LogP contribution in [0.2, 0.25) is 0 Å². The number of hydrogen-bond donors (Lipinski definition) is 2. The lowest BCUT2D eigenvalue weighted by Gasteiger charge is -2.10. The molecule has 2 N–H and O–H groups in total. The maximum atomic E-state index is 12.0. The molecule has 0 aliphatic heterocycles. The topological polar surface area (TPSA) is 114 Å². The number of phenols is 1. The largest absolute Gasteiger partial charge is 0.502 e. The molecule has 0 aliphatic rings. The van der Waals surface area contributed by atoms with Gasteiger partial charge in [-0.05, 0) is 23.8 Å². The van der Waals surface area contributed by atoms with Gasteiger partial charge in [-0.1, -0.05) is 48.5 Å². The smallest absolute Gasteiger partial charge is 0.311 e. The Hall–Kier alpha value is -4.20. The molecule has 8 nitrogen and oxygen atoms in total. The monoisotopic (exact) mass is 391 g/mol. The fourth-order valence-corrected chi connectivity index (χ4v) is 2.57. The Kier molecular flexibility index (Phi) is 6.16. The number of para-hydroxylation sites is 1. The molecule has 0 bridgehead atoms. The number of phenolic OH excluding ortho intramolecular Hbond substituents is 1. The molecule has 0 radical (unpaired) electrons. The van der Waals surface area contributed by atoms with E-state index < -0.39 is 22.3 Å². The predicted octanol–water partition coefficient (Wildman–Crippen LogP) is 3.50. The lowest BCUT2D eigenvalue weighted by atomic mass is 10.1. The summed E-state index contributed by atoms with van der Waals surface area (Å²) in [7, 11) is 0. The fraction of sp³-hybridized carbons (Fsp3) is 0.0476. The van der Waals surface area contributed by atoms with Crippen LogP contribution in [0.15, 0.2) is 77.9 Å². The van der Waals surface area contributed by atoms with E-state index in [0.717, 1.165) is 17.2 Å². The van der Waals surface area contributed by atoms with Gasteiger partial charge in [-0.2, -0.15) is 5.10 Å². The summed E-state index contributed by atoms with van der Waals surface area (Å²) < 4.78 is 5.61. The molecule has 1 amide bonds. The average Bonchev–Trinajstić information content (AvgIpc) is 2.74. The third-order valence-corrected chi connectivity index (χ3v) is 3.93. The fourth-order valence-electron chi connectivity index (χ4n) is 2.57. The van der Waals surface area contributed by atoms with Gasteiger partial charge in [0.1, 0.15) is 5.75 Å². The van der Waals surface area contributed by atoms with Crippen LogP contribution >= 0.6 is 0 Å². The number of aromatic hydroxyl groups is 1. The summed E-state index contributed by atoms with van der Waals surface area (Å²) in [6, 6.07) is 20.8. The molecule has 3 rings (SSSR count). The number of hydrogen-bond acceptors (Lipinski definition) is 6. The second-order valence-corrected chi connectivity index (χ2v) is 5.95. The Morgan fingerprint density at radius 3 is 2.59 bits per heavy atom. The third kappa shape index (κ3) is 5.16. The van der Waals surface area contributed by atoms with Gasteiger partial charge < -0.3 is 9.84 Å². The minimum Gasteiger partial charge on any atom is -0.502 e. The van der Waals surface area contributed by atoms with Crippen LogP contribution in [-0.4, -0.2) is 28.8 Å². The summed E-state index contributed by atoms with van der Waals surface area (Å²) in [6.45, 7) is -0.253. The minimum atomic E-state index is -0.705. The predicted molar refractivity (Wildman–Crippen MR) is 108 cm³/mol. The van der Waals surface area contributed by atoms with E-state index in [1.807, 2.05) is 48.5 Å². The van der Waals surface area contributed by atoms with Crippen LogP contribution in [0.25, 0.3) is 11.1 Å². The Balaban J connectivity index is 1.60. The number of carbonyl (C=O) groups excluding carboxylic acids is 1. The molecule has 3 aromatic carbocycles. The standard InChI is InChI=1S/C21H17N3O5/c25-19-11-10-15(12-18(19)24(27)28)13-22-23-21(26)14-29-20-9-5-4-8-17(20)16-6-2-1-3-7-16/h1-13,25H,14H2,(H,23,26)/b22-13+. The quantitative estimate of drug-likeness (QED) is 0.363. The van der Waals surface area contributed by atoms with E-state index in [1.54, 1.807) is 6.07 Å². The van der Waals surface area contributed by atoms with Crippen LogP contribution in [0.5, 0.6) is 11.5 Å². The molecule has 0 aromatic heterocycles. The van der Waals surface area contributed by atoms with Gasteiger partial charge in [0.2, 0.25) is 0 Å². The highest BCUT2D eigenvalue weighted by Gasteiger charge is 2.13. The van der Waals surface area contributed by atoms with Crippen molar-refractivity contribution in [1.29, 1.82) is 0 Å². The molecule has 0 saturated carbocycles. The number of ether oxygens (including phenoxy) is 1. The first-order chi connectivity index (χ1) is 14.0. The van der Waals surface area contributed by atoms with Gasteiger partial charge in [0, 0.05) is 17.2 Å². The Morgan fingerprint density at radius 1 is 1.10 bits per heavy atom. The summed E-state index contributed by atoms with van der Waals surface area (Å²) in [5.41, 5.74) is 4.04. The van der Waals surface area contributed by atoms with E-state index >= 15 is 0 Å². The first-order valence-corrected chi connectivity index (χ1v) is 8.61. The number of nitro groups is 1. The van der Waals surface area contributed by atoms with Gasteiger partial charge in [0.15, 0.2) is 12.4 Å². The summed E-state index contributed by atoms with van der Waals surface area (Å²) in [5, 5.41) is 24.0. The molecule has 0 spiro atoms. The highest BCUT2D eigenvalue weighted by atomic mass is 16.6. The zero-order chi connectivity index (χ0) is 20.6. The lowest BCUT2D eigenvalue weighted by Crippen LogP contribution is -2.24. The molecule has 0 atom stereocenters. The molecule has 0 saturated heterocycles. The summed E-state index contributed by atoms with van der Waals surface area (Å²) >= 11 is 0. The Morgan fingerprint density at radius 2 is 1.83 bits per heavy atom. The van der Waals surface area contributed by atoms with Crippen molar-refractivity contribution >= 4 is 17.8 Å². The van der Waals surface area contributed by atoms with Crippen LogP contribution in [0.4, 0.5) is 5.69 Å². The lowest BCUT2D eigenvalue weighted by molar-refractivity contribution is -0.385. The second kappa shape index (κ2) is 9.14. The number of hydrazone groups is 1. The number of nitrogens with one attached hydrogen (secondary N) is 1. The number of amides is 1. The van der Waals surface area contributed by atoms with Crippen molar-refractivity contribution in [2.45, 2.75) is 0 Å². The molecule has 146 valence electrons. The SMILES string of the molecule is O=C(COc1ccccc1-c1ccccc1)N/N=C/c1ccc(O)c([N+](=O)[O-])c1. The van der Waals surface area contributed by atoms with Gasteiger partial charge in [-0.25, -0.2) is 5.43 Å². The highest BCUT2D eigenvalue weighted by molar-refractivity contribution is 5.84. The van der Waals surface area contributed by atoms with Crippen LogP contribution < -0.4 is 10.2 Å². The van der Waals surface area contributed by atoms with Crippen LogP contribution in [0.1, 0.15) is 5.56 Å². The molecule has 29 heavy (non-hydrogen) atoms. The van der Waals surface area contributed by atoms with Crippen molar-refractivity contribution in [3.05, 3.63) is 88.5 Å². The van der Waals surface area contributed by atoms with Crippen molar-refractivity contribution in [3.8, 4) is 22.6 Å². The van der Waals surface area contributed by atoms with E-state index in [-0.39, 0.29) is 6.61 Å². The average molecular weight is 391 g/mol. The molecule has 0 aliphatic carbocycles. The van der Waals surface area contributed by atoms with Gasteiger partial charge in [-0.3, -0.25) is 14.9 Å². The number of nitrogens with zero attached hydrogens (tertiary/aromatic N) is 2. The Bertz CT molecular complexity index is 1050. The molecule has 8 heteroatoms. The summed E-state index contributed by atoms with van der Waals surface area (Å²) in [4.78, 5) is 22.1. The van der Waals surface area contributed by atoms with Gasteiger partial charge >= 0.3 is 5.69 Å². The number of nitro benzene ring substituents is 1. The van der Waals surface area contributed by atoms with Crippen molar-refractivity contribution in [2.75, 3.05) is 6.61 Å². The number of carbonyl (C=O) groups is 1. The molecule has 0 heterocycles. The molecule has 0 fully saturated rings. The normalized spacial score (nSPS) is 10.6. The van der Waals surface area contributed by atoms with E-state index in [0.29, 0.717) is 11.3 Å². The van der Waals surface area contributed by atoms with Gasteiger partial charge in [0.25, 0.3) is 5.91 Å². The van der Waals surface area contributed by atoms with E-state index in [1.165, 1.54) is 18.3 Å². The van der Waals surface area contributed by atoms with Crippen molar-refractivity contribution in [2.24, 2.45) is 5.10 Å². The third-order valence-electron chi connectivity index (χ3n) is 3.93. The maximum absolute atomic E-state index is 12.0. The van der Waals surface area contributed by atoms with Crippen molar-refractivity contribution < 1.29 is 19.6 Å². The van der Waals surface area contributed by atoms with Crippen LogP contribution in [-0.2, 0) is 4.79 Å². The van der Waals surface area contributed by atoms with E-state index in [4.69, 9.17) is 4.74 Å². The van der Waals surface area contributed by atoms with E-state index in [9.17, 15) is 20.0 Å². The summed E-state index contributed by atoms with van der Waals surface area (Å²) in [6.07, 6.45) is 1.24. The maximum Gasteiger partial charge on any atom is 0.311 e. The van der Waals surface area contributed by atoms with Crippen LogP contribution in [0.3, 0.4) is 0 Å². The number of rotatable bonds is 7. The first kappa shape index (κ1) is 19.6. The molecule has 0 unspecified atom stereocenters. The molecular formula is C21H17N3O5. The van der Waals surface area contributed by atoms with Crippen molar-refractivity contribution in [1.82, 2.24) is 5.43 Å². The zero-order valence-electron chi connectivity index (χ0n) is 15.2. The molecular weight excluding hydrogens is 374 g/mol. The first-order valence-electron chi connectivity index (χ1n) is 8.61. The zero-order valence-corrected chi connectivity index (χ0v) is 15.2. The Labute approximate surface area is 166 Å². The number of benzene rings is 3. The summed E-state index contributed by atoms with van der Waals surface area (Å²) in [5.74, 6) is -0.369. The van der Waals surface area contributed by atoms with Gasteiger partial charge in [0.05, 0.1) is 11.1 Å². The molecule has 3 aromatic rings. The highest BCUT2D eigenvalue weighted by Crippen LogP contribution is 2.29.